The molecule has 0 saturated heterocycles. The van der Waals surface area contributed by atoms with E-state index in [1.807, 2.05) is 6.92 Å². The molecule has 0 rings (SSSR count). The van der Waals surface area contributed by atoms with Crippen LogP contribution in [0.15, 0.2) is 0 Å². The SMILES string of the molecule is CCCCCNC(=O)N(CC)CC(C)C(=O)O. The molecule has 0 saturated carbocycles. The first kappa shape index (κ1) is 15.7. The Morgan fingerprint density at radius 2 is 1.94 bits per heavy atom. The highest BCUT2D eigenvalue weighted by molar-refractivity contribution is 5.75. The lowest BCUT2D eigenvalue weighted by Gasteiger charge is -2.23. The molecular weight excluding hydrogens is 220 g/mol. The van der Waals surface area contributed by atoms with Crippen molar-refractivity contribution in [3.05, 3.63) is 0 Å². The largest absolute Gasteiger partial charge is 0.481 e. The first-order valence-corrected chi connectivity index (χ1v) is 6.28. The van der Waals surface area contributed by atoms with E-state index in [0.29, 0.717) is 13.1 Å². The zero-order chi connectivity index (χ0) is 13.3. The fourth-order valence-electron chi connectivity index (χ4n) is 1.45. The number of nitrogens with one attached hydrogen (secondary N) is 1. The Hall–Kier alpha value is -1.26. The summed E-state index contributed by atoms with van der Waals surface area (Å²) in [4.78, 5) is 24.0. The summed E-state index contributed by atoms with van der Waals surface area (Å²) in [7, 11) is 0. The number of amides is 2. The maximum absolute atomic E-state index is 11.7. The van der Waals surface area contributed by atoms with Gasteiger partial charge in [-0.05, 0) is 13.3 Å². The molecule has 2 N–H and O–H groups in total. The number of carboxylic acids is 1. The van der Waals surface area contributed by atoms with Crippen molar-refractivity contribution in [3.8, 4) is 0 Å². The van der Waals surface area contributed by atoms with Gasteiger partial charge in [0.15, 0.2) is 0 Å². The number of hydrogen-bond donors (Lipinski definition) is 2. The van der Waals surface area contributed by atoms with E-state index in [0.717, 1.165) is 19.3 Å². The number of carbonyl (C=O) groups excluding carboxylic acids is 1. The van der Waals surface area contributed by atoms with Crippen LogP contribution in [0.5, 0.6) is 0 Å². The number of carbonyl (C=O) groups is 2. The quantitative estimate of drug-likeness (QED) is 0.641. The van der Waals surface area contributed by atoms with Crippen molar-refractivity contribution < 1.29 is 14.7 Å². The van der Waals surface area contributed by atoms with E-state index in [4.69, 9.17) is 5.11 Å². The van der Waals surface area contributed by atoms with Gasteiger partial charge >= 0.3 is 12.0 Å². The van der Waals surface area contributed by atoms with Gasteiger partial charge in [-0.2, -0.15) is 0 Å². The maximum atomic E-state index is 11.7. The topological polar surface area (TPSA) is 69.6 Å². The minimum absolute atomic E-state index is 0.170. The average Bonchev–Trinajstić information content (AvgIpc) is 2.30. The molecule has 0 aliphatic rings. The number of hydrogen-bond acceptors (Lipinski definition) is 2. The Kier molecular flexibility index (Phi) is 8.19. The van der Waals surface area contributed by atoms with Crippen LogP contribution in [0.4, 0.5) is 4.79 Å². The zero-order valence-electron chi connectivity index (χ0n) is 11.0. The van der Waals surface area contributed by atoms with Crippen LogP contribution in [0.25, 0.3) is 0 Å². The summed E-state index contributed by atoms with van der Waals surface area (Å²) in [6.45, 7) is 7.00. The van der Waals surface area contributed by atoms with Gasteiger partial charge in [0.2, 0.25) is 0 Å². The maximum Gasteiger partial charge on any atom is 0.317 e. The number of nitrogens with zero attached hydrogens (tertiary/aromatic N) is 1. The third-order valence-corrected chi connectivity index (χ3v) is 2.64. The number of rotatable bonds is 8. The van der Waals surface area contributed by atoms with Gasteiger partial charge in [0.05, 0.1) is 5.92 Å². The van der Waals surface area contributed by atoms with Gasteiger partial charge in [-0.25, -0.2) is 4.79 Å². The Morgan fingerprint density at radius 3 is 2.41 bits per heavy atom. The second kappa shape index (κ2) is 8.84. The number of carboxylic acid groups (broad SMARTS) is 1. The molecule has 2 amide bonds. The van der Waals surface area contributed by atoms with E-state index in [1.54, 1.807) is 6.92 Å². The van der Waals surface area contributed by atoms with E-state index in [9.17, 15) is 9.59 Å². The summed E-state index contributed by atoms with van der Waals surface area (Å²) in [6.07, 6.45) is 3.18. The summed E-state index contributed by atoms with van der Waals surface area (Å²) in [5.74, 6) is -1.40. The van der Waals surface area contributed by atoms with E-state index >= 15 is 0 Å². The lowest BCUT2D eigenvalue weighted by Crippen LogP contribution is -2.43. The van der Waals surface area contributed by atoms with E-state index in [2.05, 4.69) is 12.2 Å². The summed E-state index contributed by atoms with van der Waals surface area (Å²) >= 11 is 0. The lowest BCUT2D eigenvalue weighted by molar-refractivity contribution is -0.141. The van der Waals surface area contributed by atoms with Crippen LogP contribution in [0, 0.1) is 5.92 Å². The Bertz CT molecular complexity index is 244. The zero-order valence-corrected chi connectivity index (χ0v) is 11.0. The fourth-order valence-corrected chi connectivity index (χ4v) is 1.45. The minimum atomic E-state index is -0.873. The molecule has 0 spiro atoms. The molecule has 1 unspecified atom stereocenters. The number of unbranched alkanes of at least 4 members (excludes halogenated alkanes) is 2. The van der Waals surface area contributed by atoms with Crippen LogP contribution in [0.3, 0.4) is 0 Å². The normalized spacial score (nSPS) is 11.9. The van der Waals surface area contributed by atoms with Gasteiger partial charge in [0, 0.05) is 19.6 Å². The Labute approximate surface area is 103 Å². The molecule has 0 heterocycles. The van der Waals surface area contributed by atoms with Crippen molar-refractivity contribution in [2.45, 2.75) is 40.0 Å². The van der Waals surface area contributed by atoms with Crippen LogP contribution >= 0.6 is 0 Å². The summed E-state index contributed by atoms with van der Waals surface area (Å²) in [5.41, 5.74) is 0. The molecule has 0 bridgehead atoms. The van der Waals surface area contributed by atoms with Crippen molar-refractivity contribution >= 4 is 12.0 Å². The Balaban J connectivity index is 3.99. The summed E-state index contributed by atoms with van der Waals surface area (Å²) in [6, 6.07) is -0.170. The van der Waals surface area contributed by atoms with Gasteiger partial charge in [-0.3, -0.25) is 4.79 Å². The second-order valence-corrected chi connectivity index (χ2v) is 4.22. The Morgan fingerprint density at radius 1 is 1.29 bits per heavy atom. The van der Waals surface area contributed by atoms with E-state index in [1.165, 1.54) is 4.90 Å². The van der Waals surface area contributed by atoms with Crippen LogP contribution < -0.4 is 5.32 Å². The van der Waals surface area contributed by atoms with Crippen molar-refractivity contribution in [2.24, 2.45) is 5.92 Å². The van der Waals surface area contributed by atoms with Gasteiger partial charge in [0.25, 0.3) is 0 Å². The van der Waals surface area contributed by atoms with Gasteiger partial charge in [0.1, 0.15) is 0 Å². The highest BCUT2D eigenvalue weighted by atomic mass is 16.4. The molecule has 5 heteroatoms. The molecule has 100 valence electrons. The monoisotopic (exact) mass is 244 g/mol. The first-order chi connectivity index (χ1) is 8.02. The van der Waals surface area contributed by atoms with Crippen molar-refractivity contribution in [1.29, 1.82) is 0 Å². The second-order valence-electron chi connectivity index (χ2n) is 4.22. The van der Waals surface area contributed by atoms with E-state index in [-0.39, 0.29) is 12.6 Å². The molecule has 5 nitrogen and oxygen atoms in total. The van der Waals surface area contributed by atoms with Crippen molar-refractivity contribution in [1.82, 2.24) is 10.2 Å². The van der Waals surface area contributed by atoms with Gasteiger partial charge in [-0.1, -0.05) is 26.7 Å². The molecular formula is C12H24N2O3. The highest BCUT2D eigenvalue weighted by Gasteiger charge is 2.18. The molecule has 0 aromatic rings. The van der Waals surface area contributed by atoms with Crippen molar-refractivity contribution in [2.75, 3.05) is 19.6 Å². The standard InChI is InChI=1S/C12H24N2O3/c1-4-6-7-8-13-12(17)14(5-2)9-10(3)11(15)16/h10H,4-9H2,1-3H3,(H,13,17)(H,15,16). The predicted molar refractivity (Wildman–Crippen MR) is 67.0 cm³/mol. The predicted octanol–water partition coefficient (Wildman–Crippen LogP) is 1.93. The fraction of sp³-hybridized carbons (Fsp3) is 0.833. The third kappa shape index (κ3) is 6.81. The number of aliphatic carboxylic acids is 1. The van der Waals surface area contributed by atoms with Crippen LogP contribution in [0.1, 0.15) is 40.0 Å². The first-order valence-electron chi connectivity index (χ1n) is 6.28. The highest BCUT2D eigenvalue weighted by Crippen LogP contribution is 2.01. The molecule has 0 aromatic heterocycles. The van der Waals surface area contributed by atoms with E-state index < -0.39 is 11.9 Å². The van der Waals surface area contributed by atoms with Crippen molar-refractivity contribution in [3.63, 3.8) is 0 Å². The third-order valence-electron chi connectivity index (χ3n) is 2.64. The molecule has 1 atom stereocenters. The van der Waals surface area contributed by atoms with Gasteiger partial charge in [-0.15, -0.1) is 0 Å². The minimum Gasteiger partial charge on any atom is -0.481 e. The summed E-state index contributed by atoms with van der Waals surface area (Å²) in [5, 5.41) is 11.6. The molecule has 0 fully saturated rings. The lowest BCUT2D eigenvalue weighted by atomic mass is 10.2. The molecule has 0 radical (unpaired) electrons. The number of urea groups is 1. The van der Waals surface area contributed by atoms with Crippen LogP contribution in [0.2, 0.25) is 0 Å². The molecule has 0 aliphatic heterocycles. The molecule has 17 heavy (non-hydrogen) atoms. The van der Waals surface area contributed by atoms with Crippen LogP contribution in [-0.2, 0) is 4.79 Å². The average molecular weight is 244 g/mol. The molecule has 0 aliphatic carbocycles. The van der Waals surface area contributed by atoms with Gasteiger partial charge < -0.3 is 15.3 Å². The molecule has 0 aromatic carbocycles. The smallest absolute Gasteiger partial charge is 0.317 e. The van der Waals surface area contributed by atoms with Crippen LogP contribution in [-0.4, -0.2) is 41.6 Å². The summed E-state index contributed by atoms with van der Waals surface area (Å²) < 4.78 is 0.